The summed E-state index contributed by atoms with van der Waals surface area (Å²) in [5.74, 6) is 0.681. The van der Waals surface area contributed by atoms with Crippen molar-refractivity contribution < 1.29 is 14.6 Å². The molecular formula is C14H21NO3. The van der Waals surface area contributed by atoms with Crippen molar-refractivity contribution >= 4 is 5.91 Å². The molecule has 1 amide bonds. The number of benzene rings is 1. The second-order valence-electron chi connectivity index (χ2n) is 4.69. The second kappa shape index (κ2) is 6.40. The fourth-order valence-corrected chi connectivity index (χ4v) is 1.64. The van der Waals surface area contributed by atoms with Crippen LogP contribution < -0.4 is 10.1 Å². The maximum Gasteiger partial charge on any atom is 0.251 e. The third-order valence-corrected chi connectivity index (χ3v) is 2.99. The third kappa shape index (κ3) is 3.47. The molecule has 1 unspecified atom stereocenters. The van der Waals surface area contributed by atoms with Crippen LogP contribution in [0.2, 0.25) is 0 Å². The highest BCUT2D eigenvalue weighted by Gasteiger charge is 2.16. The molecule has 2 N–H and O–H groups in total. The summed E-state index contributed by atoms with van der Waals surface area (Å²) in [6.07, 6.45) is 0. The highest BCUT2D eigenvalue weighted by atomic mass is 16.5. The molecule has 0 aliphatic carbocycles. The number of aryl methyl sites for hydroxylation is 1. The van der Waals surface area contributed by atoms with E-state index in [-0.39, 0.29) is 24.5 Å². The SMILES string of the molecule is COc1cc(C(=O)NC(CO)C(C)C)ccc1C. The van der Waals surface area contributed by atoms with Crippen LogP contribution in [0.4, 0.5) is 0 Å². The molecule has 18 heavy (non-hydrogen) atoms. The number of carbonyl (C=O) groups excluding carboxylic acids is 1. The fraction of sp³-hybridized carbons (Fsp3) is 0.500. The molecule has 0 aromatic heterocycles. The van der Waals surface area contributed by atoms with Crippen molar-refractivity contribution in [2.75, 3.05) is 13.7 Å². The lowest BCUT2D eigenvalue weighted by molar-refractivity contribution is 0.0896. The highest BCUT2D eigenvalue weighted by Crippen LogP contribution is 2.19. The maximum absolute atomic E-state index is 12.0. The molecule has 4 nitrogen and oxygen atoms in total. The average Bonchev–Trinajstić information content (AvgIpc) is 2.35. The summed E-state index contributed by atoms with van der Waals surface area (Å²) in [5.41, 5.74) is 1.52. The Hall–Kier alpha value is -1.55. The number of amides is 1. The first-order chi connectivity index (χ1) is 8.49. The summed E-state index contributed by atoms with van der Waals surface area (Å²) < 4.78 is 5.19. The van der Waals surface area contributed by atoms with Gasteiger partial charge in [-0.15, -0.1) is 0 Å². The van der Waals surface area contributed by atoms with Crippen molar-refractivity contribution in [1.29, 1.82) is 0 Å². The first-order valence-corrected chi connectivity index (χ1v) is 6.06. The molecule has 0 aliphatic heterocycles. The molecule has 0 aliphatic rings. The van der Waals surface area contributed by atoms with E-state index in [1.807, 2.05) is 26.8 Å². The Morgan fingerprint density at radius 3 is 2.61 bits per heavy atom. The zero-order valence-electron chi connectivity index (χ0n) is 11.4. The van der Waals surface area contributed by atoms with Crippen LogP contribution in [0.3, 0.4) is 0 Å². The number of aliphatic hydroxyl groups is 1. The predicted molar refractivity (Wildman–Crippen MR) is 70.9 cm³/mol. The van der Waals surface area contributed by atoms with Crippen molar-refractivity contribution in [2.24, 2.45) is 5.92 Å². The number of methoxy groups -OCH3 is 1. The van der Waals surface area contributed by atoms with Crippen molar-refractivity contribution in [1.82, 2.24) is 5.32 Å². The quantitative estimate of drug-likeness (QED) is 0.838. The van der Waals surface area contributed by atoms with E-state index in [0.717, 1.165) is 5.56 Å². The number of rotatable bonds is 5. The van der Waals surface area contributed by atoms with Gasteiger partial charge in [0.05, 0.1) is 19.8 Å². The third-order valence-electron chi connectivity index (χ3n) is 2.99. The van der Waals surface area contributed by atoms with E-state index >= 15 is 0 Å². The Kier molecular flexibility index (Phi) is 5.16. The Morgan fingerprint density at radius 2 is 2.11 bits per heavy atom. The van der Waals surface area contributed by atoms with Crippen LogP contribution in [-0.2, 0) is 0 Å². The molecule has 0 bridgehead atoms. The van der Waals surface area contributed by atoms with Crippen LogP contribution in [0.25, 0.3) is 0 Å². The Balaban J connectivity index is 2.84. The van der Waals surface area contributed by atoms with E-state index in [1.165, 1.54) is 0 Å². The molecule has 1 aromatic rings. The van der Waals surface area contributed by atoms with Gasteiger partial charge in [0.15, 0.2) is 0 Å². The van der Waals surface area contributed by atoms with Gasteiger partial charge in [0.2, 0.25) is 0 Å². The fourth-order valence-electron chi connectivity index (χ4n) is 1.64. The number of ether oxygens (including phenoxy) is 1. The van der Waals surface area contributed by atoms with Gasteiger partial charge in [0, 0.05) is 5.56 Å². The Bertz CT molecular complexity index is 416. The Morgan fingerprint density at radius 1 is 1.44 bits per heavy atom. The molecule has 4 heteroatoms. The van der Waals surface area contributed by atoms with Crippen LogP contribution >= 0.6 is 0 Å². The van der Waals surface area contributed by atoms with Crippen LogP contribution in [0, 0.1) is 12.8 Å². The molecular weight excluding hydrogens is 230 g/mol. The van der Waals surface area contributed by atoms with Gasteiger partial charge in [-0.3, -0.25) is 4.79 Å². The molecule has 1 atom stereocenters. The summed E-state index contributed by atoms with van der Waals surface area (Å²) in [5, 5.41) is 12.0. The average molecular weight is 251 g/mol. The topological polar surface area (TPSA) is 58.6 Å². The van der Waals surface area contributed by atoms with Crippen molar-refractivity contribution in [3.8, 4) is 5.75 Å². The van der Waals surface area contributed by atoms with Gasteiger partial charge < -0.3 is 15.2 Å². The Labute approximate surface area is 108 Å². The van der Waals surface area contributed by atoms with E-state index < -0.39 is 0 Å². The minimum Gasteiger partial charge on any atom is -0.496 e. The van der Waals surface area contributed by atoms with Crippen molar-refractivity contribution in [2.45, 2.75) is 26.8 Å². The number of carbonyl (C=O) groups is 1. The molecule has 1 rings (SSSR count). The molecule has 0 saturated heterocycles. The number of hydrogen-bond acceptors (Lipinski definition) is 3. The largest absolute Gasteiger partial charge is 0.496 e. The van der Waals surface area contributed by atoms with Gasteiger partial charge in [-0.05, 0) is 30.5 Å². The molecule has 0 radical (unpaired) electrons. The molecule has 100 valence electrons. The number of nitrogens with one attached hydrogen (secondary N) is 1. The molecule has 0 saturated carbocycles. The van der Waals surface area contributed by atoms with E-state index in [1.54, 1.807) is 19.2 Å². The normalized spacial score (nSPS) is 12.3. The van der Waals surface area contributed by atoms with Gasteiger partial charge in [-0.1, -0.05) is 19.9 Å². The summed E-state index contributed by atoms with van der Waals surface area (Å²) in [7, 11) is 1.58. The van der Waals surface area contributed by atoms with Gasteiger partial charge >= 0.3 is 0 Å². The van der Waals surface area contributed by atoms with Crippen LogP contribution in [0.15, 0.2) is 18.2 Å². The van der Waals surface area contributed by atoms with Crippen LogP contribution in [0.1, 0.15) is 29.8 Å². The van der Waals surface area contributed by atoms with E-state index in [4.69, 9.17) is 4.74 Å². The van der Waals surface area contributed by atoms with E-state index in [2.05, 4.69) is 5.32 Å². The predicted octanol–water partition coefficient (Wildman–Crippen LogP) is 1.75. The first-order valence-electron chi connectivity index (χ1n) is 6.06. The first kappa shape index (κ1) is 14.5. The van der Waals surface area contributed by atoms with Gasteiger partial charge in [0.25, 0.3) is 5.91 Å². The summed E-state index contributed by atoms with van der Waals surface area (Å²) in [6.45, 7) is 5.77. The molecule has 1 aromatic carbocycles. The lowest BCUT2D eigenvalue weighted by Crippen LogP contribution is -2.41. The number of hydrogen-bond donors (Lipinski definition) is 2. The molecule has 0 fully saturated rings. The standard InChI is InChI=1S/C14H21NO3/c1-9(2)12(8-16)15-14(17)11-6-5-10(3)13(7-11)18-4/h5-7,9,12,16H,8H2,1-4H3,(H,15,17). The summed E-state index contributed by atoms with van der Waals surface area (Å²) >= 11 is 0. The van der Waals surface area contributed by atoms with Crippen molar-refractivity contribution in [3.63, 3.8) is 0 Å². The zero-order chi connectivity index (χ0) is 13.7. The second-order valence-corrected chi connectivity index (χ2v) is 4.69. The zero-order valence-corrected chi connectivity index (χ0v) is 11.4. The monoisotopic (exact) mass is 251 g/mol. The van der Waals surface area contributed by atoms with Crippen LogP contribution in [-0.4, -0.2) is 30.8 Å². The molecule has 0 spiro atoms. The minimum atomic E-state index is -0.232. The van der Waals surface area contributed by atoms with Gasteiger partial charge in [0.1, 0.15) is 5.75 Å². The van der Waals surface area contributed by atoms with Crippen molar-refractivity contribution in [3.05, 3.63) is 29.3 Å². The highest BCUT2D eigenvalue weighted by molar-refractivity contribution is 5.94. The molecule has 0 heterocycles. The van der Waals surface area contributed by atoms with E-state index in [9.17, 15) is 9.90 Å². The minimum absolute atomic E-state index is 0.0631. The smallest absolute Gasteiger partial charge is 0.251 e. The van der Waals surface area contributed by atoms with Crippen LogP contribution in [0.5, 0.6) is 5.75 Å². The van der Waals surface area contributed by atoms with E-state index in [0.29, 0.717) is 11.3 Å². The maximum atomic E-state index is 12.0. The van der Waals surface area contributed by atoms with Gasteiger partial charge in [-0.2, -0.15) is 0 Å². The lowest BCUT2D eigenvalue weighted by Gasteiger charge is -2.20. The summed E-state index contributed by atoms with van der Waals surface area (Å²) in [4.78, 5) is 12.0. The number of aliphatic hydroxyl groups excluding tert-OH is 1. The van der Waals surface area contributed by atoms with Gasteiger partial charge in [-0.25, -0.2) is 0 Å². The lowest BCUT2D eigenvalue weighted by atomic mass is 10.0. The summed E-state index contributed by atoms with van der Waals surface area (Å²) in [6, 6.07) is 5.07.